The third-order valence-corrected chi connectivity index (χ3v) is 7.05. The van der Waals surface area contributed by atoms with Crippen LogP contribution >= 0.6 is 34.3 Å². The van der Waals surface area contributed by atoms with E-state index < -0.39 is 5.97 Å². The number of phenols is 1. The van der Waals surface area contributed by atoms with Gasteiger partial charge in [0.1, 0.15) is 17.1 Å². The maximum Gasteiger partial charge on any atom is 0.341 e. The number of hydrogen-bond donors (Lipinski definition) is 2. The number of rotatable bonds is 7. The van der Waals surface area contributed by atoms with E-state index in [1.807, 2.05) is 17.5 Å². The molecule has 0 aliphatic rings. The summed E-state index contributed by atoms with van der Waals surface area (Å²) >= 11 is 9.21. The molecular weight excluding hydrogens is 478 g/mol. The summed E-state index contributed by atoms with van der Waals surface area (Å²) in [5, 5.41) is 15.8. The number of aromatic hydroxyl groups is 1. The average Bonchev–Trinajstić information content (AvgIpc) is 3.45. The van der Waals surface area contributed by atoms with E-state index in [2.05, 4.69) is 24.1 Å². The van der Waals surface area contributed by atoms with Gasteiger partial charge in [0.05, 0.1) is 17.8 Å². The number of ether oxygens (including phenoxy) is 1. The lowest BCUT2D eigenvalue weighted by atomic mass is 10.0. The number of aromatic nitrogens is 2. The third kappa shape index (κ3) is 5.19. The zero-order chi connectivity index (χ0) is 23.5. The van der Waals surface area contributed by atoms with Crippen LogP contribution in [0.2, 0.25) is 5.02 Å². The molecule has 0 amide bonds. The quantitative estimate of drug-likeness (QED) is 0.266. The SMILES string of the molecule is COC(=O)c1cc(-c2cccs2)cnc1Nc1nc(-c2ccc(O)c(Cl)c2)c(CC(C)C)s1. The standard InChI is InChI=1S/C24H22ClN3O3S2/c1-13(2)9-20-21(14-6-7-18(29)17(25)11-14)27-24(33-20)28-22-16(23(30)31-3)10-15(12-26-22)19-5-4-8-32-19/h4-8,10-13,29H,9H2,1-3H3,(H,26,27,28). The topological polar surface area (TPSA) is 84.3 Å². The number of hydrogen-bond acceptors (Lipinski definition) is 8. The summed E-state index contributed by atoms with van der Waals surface area (Å²) in [5.74, 6) is 0.339. The molecule has 3 heterocycles. The van der Waals surface area contributed by atoms with Crippen LogP contribution in [0.4, 0.5) is 10.9 Å². The van der Waals surface area contributed by atoms with E-state index in [1.54, 1.807) is 41.8 Å². The van der Waals surface area contributed by atoms with Gasteiger partial charge >= 0.3 is 5.97 Å². The molecule has 3 aromatic heterocycles. The Bertz CT molecular complexity index is 1290. The van der Waals surface area contributed by atoms with Gasteiger partial charge in [0.25, 0.3) is 0 Å². The number of phenolic OH excluding ortho intramolecular Hbond substituents is 1. The second-order valence-electron chi connectivity index (χ2n) is 7.77. The third-order valence-electron chi connectivity index (χ3n) is 4.84. The number of carbonyl (C=O) groups is 1. The highest BCUT2D eigenvalue weighted by molar-refractivity contribution is 7.16. The zero-order valence-electron chi connectivity index (χ0n) is 18.3. The van der Waals surface area contributed by atoms with E-state index in [1.165, 1.54) is 18.4 Å². The van der Waals surface area contributed by atoms with Crippen molar-refractivity contribution in [2.24, 2.45) is 5.92 Å². The lowest BCUT2D eigenvalue weighted by Gasteiger charge is -2.09. The fourth-order valence-electron chi connectivity index (χ4n) is 3.30. The smallest absolute Gasteiger partial charge is 0.341 e. The molecule has 0 saturated carbocycles. The van der Waals surface area contributed by atoms with Crippen LogP contribution in [-0.2, 0) is 11.2 Å². The van der Waals surface area contributed by atoms with Gasteiger partial charge in [-0.2, -0.15) is 0 Å². The maximum absolute atomic E-state index is 12.5. The van der Waals surface area contributed by atoms with Gasteiger partial charge in [-0.05, 0) is 48.1 Å². The number of halogens is 1. The summed E-state index contributed by atoms with van der Waals surface area (Å²) in [6.07, 6.45) is 2.55. The summed E-state index contributed by atoms with van der Waals surface area (Å²) in [6, 6.07) is 10.8. The van der Waals surface area contributed by atoms with Gasteiger partial charge in [0, 0.05) is 27.1 Å². The van der Waals surface area contributed by atoms with Crippen molar-refractivity contribution in [3.05, 3.63) is 63.4 Å². The number of thiazole rings is 1. The van der Waals surface area contributed by atoms with Gasteiger partial charge in [-0.25, -0.2) is 14.8 Å². The molecule has 33 heavy (non-hydrogen) atoms. The van der Waals surface area contributed by atoms with Gasteiger partial charge in [-0.15, -0.1) is 22.7 Å². The second-order valence-corrected chi connectivity index (χ2v) is 10.2. The minimum absolute atomic E-state index is 0.0251. The molecule has 0 bridgehead atoms. The van der Waals surface area contributed by atoms with E-state index in [4.69, 9.17) is 21.3 Å². The number of nitrogens with zero attached hydrogens (tertiary/aromatic N) is 2. The van der Waals surface area contributed by atoms with Crippen molar-refractivity contribution in [3.8, 4) is 27.4 Å². The average molecular weight is 500 g/mol. The molecule has 0 spiro atoms. The Kier molecular flexibility index (Phi) is 6.97. The van der Waals surface area contributed by atoms with Crippen LogP contribution < -0.4 is 5.32 Å². The number of carbonyl (C=O) groups excluding carboxylic acids is 1. The van der Waals surface area contributed by atoms with E-state index in [9.17, 15) is 9.90 Å². The van der Waals surface area contributed by atoms with Crippen LogP contribution in [0.25, 0.3) is 21.7 Å². The number of pyridine rings is 1. The monoisotopic (exact) mass is 499 g/mol. The fraction of sp³-hybridized carbons (Fsp3) is 0.208. The molecule has 9 heteroatoms. The molecule has 170 valence electrons. The maximum atomic E-state index is 12.5. The highest BCUT2D eigenvalue weighted by atomic mass is 35.5. The molecule has 0 radical (unpaired) electrons. The van der Waals surface area contributed by atoms with Crippen LogP contribution in [0.5, 0.6) is 5.75 Å². The van der Waals surface area contributed by atoms with Gasteiger partial charge in [-0.1, -0.05) is 31.5 Å². The van der Waals surface area contributed by atoms with E-state index in [0.717, 1.165) is 33.0 Å². The number of nitrogens with one attached hydrogen (secondary N) is 1. The van der Waals surface area contributed by atoms with Crippen molar-refractivity contribution >= 4 is 51.2 Å². The first-order valence-electron chi connectivity index (χ1n) is 10.2. The summed E-state index contributed by atoms with van der Waals surface area (Å²) in [4.78, 5) is 23.9. The summed E-state index contributed by atoms with van der Waals surface area (Å²) < 4.78 is 4.99. The number of methoxy groups -OCH3 is 1. The van der Waals surface area contributed by atoms with Crippen molar-refractivity contribution in [2.45, 2.75) is 20.3 Å². The molecule has 6 nitrogen and oxygen atoms in total. The van der Waals surface area contributed by atoms with E-state index in [-0.39, 0.29) is 10.8 Å². The second kappa shape index (κ2) is 9.91. The molecule has 4 rings (SSSR count). The first kappa shape index (κ1) is 23.2. The van der Waals surface area contributed by atoms with Crippen LogP contribution in [0.3, 0.4) is 0 Å². The predicted molar refractivity (Wildman–Crippen MR) is 135 cm³/mol. The number of thiophene rings is 1. The zero-order valence-corrected chi connectivity index (χ0v) is 20.6. The molecule has 0 aliphatic heterocycles. The van der Waals surface area contributed by atoms with Crippen LogP contribution in [-0.4, -0.2) is 28.2 Å². The molecule has 0 saturated heterocycles. The minimum atomic E-state index is -0.479. The summed E-state index contributed by atoms with van der Waals surface area (Å²) in [6.45, 7) is 4.28. The highest BCUT2D eigenvalue weighted by Crippen LogP contribution is 2.37. The molecule has 0 aliphatic carbocycles. The minimum Gasteiger partial charge on any atom is -0.506 e. The van der Waals surface area contributed by atoms with Crippen molar-refractivity contribution in [1.29, 1.82) is 0 Å². The molecule has 4 aromatic rings. The van der Waals surface area contributed by atoms with Crippen molar-refractivity contribution in [3.63, 3.8) is 0 Å². The molecule has 0 unspecified atom stereocenters. The van der Waals surface area contributed by atoms with Crippen molar-refractivity contribution in [1.82, 2.24) is 9.97 Å². The lowest BCUT2D eigenvalue weighted by Crippen LogP contribution is -2.07. The predicted octanol–water partition coefficient (Wildman–Crippen LogP) is 7.02. The Morgan fingerprint density at radius 2 is 2.06 bits per heavy atom. The summed E-state index contributed by atoms with van der Waals surface area (Å²) in [5.41, 5.74) is 2.77. The highest BCUT2D eigenvalue weighted by Gasteiger charge is 2.20. The Labute approximate surface area is 204 Å². The van der Waals surface area contributed by atoms with E-state index >= 15 is 0 Å². The largest absolute Gasteiger partial charge is 0.506 e. The van der Waals surface area contributed by atoms with Gasteiger partial charge < -0.3 is 15.2 Å². The van der Waals surface area contributed by atoms with Crippen LogP contribution in [0.1, 0.15) is 29.1 Å². The molecule has 1 aromatic carbocycles. The van der Waals surface area contributed by atoms with Crippen molar-refractivity contribution < 1.29 is 14.6 Å². The van der Waals surface area contributed by atoms with Gasteiger partial charge in [-0.3, -0.25) is 0 Å². The summed E-state index contributed by atoms with van der Waals surface area (Å²) in [7, 11) is 1.35. The Hall–Kier alpha value is -2.94. The van der Waals surface area contributed by atoms with E-state index in [0.29, 0.717) is 22.4 Å². The Balaban J connectivity index is 1.73. The molecule has 0 atom stereocenters. The fourth-order valence-corrected chi connectivity index (χ4v) is 5.39. The molecule has 2 N–H and O–H groups in total. The number of benzene rings is 1. The normalized spacial score (nSPS) is 11.1. The van der Waals surface area contributed by atoms with Gasteiger partial charge in [0.15, 0.2) is 5.13 Å². The Morgan fingerprint density at radius 1 is 1.24 bits per heavy atom. The van der Waals surface area contributed by atoms with Crippen molar-refractivity contribution in [2.75, 3.05) is 12.4 Å². The number of esters is 1. The number of anilines is 2. The first-order valence-corrected chi connectivity index (χ1v) is 12.3. The van der Waals surface area contributed by atoms with Crippen LogP contribution in [0.15, 0.2) is 48.0 Å². The molecule has 0 fully saturated rings. The lowest BCUT2D eigenvalue weighted by molar-refractivity contribution is 0.0601. The first-order chi connectivity index (χ1) is 15.9. The Morgan fingerprint density at radius 3 is 2.73 bits per heavy atom. The molecular formula is C24H22ClN3O3S2. The van der Waals surface area contributed by atoms with Gasteiger partial charge in [0.2, 0.25) is 0 Å². The van der Waals surface area contributed by atoms with Crippen LogP contribution in [0, 0.1) is 5.92 Å².